The van der Waals surface area contributed by atoms with Gasteiger partial charge in [-0.1, -0.05) is 55.0 Å². The van der Waals surface area contributed by atoms with Gasteiger partial charge in [-0.2, -0.15) is 9.57 Å². The van der Waals surface area contributed by atoms with Crippen LogP contribution in [0.15, 0.2) is 71.6 Å². The van der Waals surface area contributed by atoms with Crippen molar-refractivity contribution in [1.29, 1.82) is 5.26 Å². The standard InChI is InChI=1S/C40H53N3O8S/c1-29-7-14-35(15-8-29)52(44,45)43-23-38(49-19-6-17-41)40(34-12-9-32(10-13-34)27-48-26-30(2)25-46-4)39(24-43)51-28-33-11-16-37-36(21-33)42(18-20-50-37)22-31(3)47-5/h7-16,21,30-31,38-40H,6,18-20,22-28H2,1-5H3/t30?,31?,38-,39+,40+/m1/s1. The topological polar surface area (TPSA) is 120 Å². The predicted octanol–water partition coefficient (Wildman–Crippen LogP) is 5.70. The summed E-state index contributed by atoms with van der Waals surface area (Å²) in [6.45, 7) is 10.5. The largest absolute Gasteiger partial charge is 0.490 e. The maximum Gasteiger partial charge on any atom is 0.243 e. The summed E-state index contributed by atoms with van der Waals surface area (Å²) in [7, 11) is -0.480. The summed E-state index contributed by atoms with van der Waals surface area (Å²) in [5.74, 6) is 0.793. The van der Waals surface area contributed by atoms with E-state index in [1.54, 1.807) is 38.5 Å². The first kappa shape index (κ1) is 39.7. The summed E-state index contributed by atoms with van der Waals surface area (Å²) in [6, 6.07) is 23.2. The Kier molecular flexibility index (Phi) is 14.5. The van der Waals surface area contributed by atoms with E-state index in [4.69, 9.17) is 28.4 Å². The minimum Gasteiger partial charge on any atom is -0.490 e. The minimum atomic E-state index is -3.88. The number of fused-ring (bicyclic) bond motifs is 1. The number of rotatable bonds is 18. The van der Waals surface area contributed by atoms with Crippen molar-refractivity contribution < 1.29 is 36.8 Å². The molecule has 52 heavy (non-hydrogen) atoms. The Bertz CT molecular complexity index is 1710. The molecule has 12 heteroatoms. The third-order valence-corrected chi connectivity index (χ3v) is 11.4. The molecule has 0 N–H and O–H groups in total. The molecule has 5 atom stereocenters. The normalized spacial score (nSPS) is 20.5. The number of nitrogens with zero attached hydrogens (tertiary/aromatic N) is 3. The lowest BCUT2D eigenvalue weighted by Crippen LogP contribution is -2.54. The van der Waals surface area contributed by atoms with Crippen LogP contribution in [0.2, 0.25) is 0 Å². The second kappa shape index (κ2) is 19.0. The van der Waals surface area contributed by atoms with Gasteiger partial charge < -0.3 is 33.3 Å². The number of sulfonamides is 1. The van der Waals surface area contributed by atoms with Crippen molar-refractivity contribution in [3.05, 3.63) is 89.0 Å². The lowest BCUT2D eigenvalue weighted by Gasteiger charge is -2.43. The average molecular weight is 736 g/mol. The van der Waals surface area contributed by atoms with Crippen LogP contribution in [0.5, 0.6) is 5.75 Å². The molecule has 3 aromatic carbocycles. The second-order valence-electron chi connectivity index (χ2n) is 13.8. The van der Waals surface area contributed by atoms with E-state index in [0.717, 1.165) is 46.8 Å². The number of anilines is 1. The quantitative estimate of drug-likeness (QED) is 0.151. The van der Waals surface area contributed by atoms with Crippen LogP contribution in [-0.2, 0) is 46.9 Å². The summed E-state index contributed by atoms with van der Waals surface area (Å²) in [6.07, 6.45) is -0.889. The summed E-state index contributed by atoms with van der Waals surface area (Å²) in [5, 5.41) is 9.32. The molecule has 11 nitrogen and oxygen atoms in total. The zero-order valence-electron chi connectivity index (χ0n) is 31.0. The maximum atomic E-state index is 14.1. The minimum absolute atomic E-state index is 0.0467. The number of nitriles is 1. The lowest BCUT2D eigenvalue weighted by molar-refractivity contribution is -0.0777. The molecule has 0 aromatic heterocycles. The summed E-state index contributed by atoms with van der Waals surface area (Å²) >= 11 is 0. The summed E-state index contributed by atoms with van der Waals surface area (Å²) < 4.78 is 65.4. The highest BCUT2D eigenvalue weighted by Crippen LogP contribution is 2.37. The Labute approximate surface area is 309 Å². The highest BCUT2D eigenvalue weighted by molar-refractivity contribution is 7.89. The Balaban J connectivity index is 1.43. The van der Waals surface area contributed by atoms with Crippen LogP contribution in [0.4, 0.5) is 5.69 Å². The van der Waals surface area contributed by atoms with Gasteiger partial charge in [0.15, 0.2) is 0 Å². The van der Waals surface area contributed by atoms with E-state index in [2.05, 4.69) is 24.0 Å². The zero-order chi connectivity index (χ0) is 37.1. The molecular weight excluding hydrogens is 683 g/mol. The lowest BCUT2D eigenvalue weighted by atomic mass is 9.85. The Hall–Kier alpha value is -3.54. The van der Waals surface area contributed by atoms with Gasteiger partial charge in [0.05, 0.1) is 81.0 Å². The fourth-order valence-corrected chi connectivity index (χ4v) is 8.19. The molecule has 0 spiro atoms. The van der Waals surface area contributed by atoms with Crippen molar-refractivity contribution in [2.24, 2.45) is 5.92 Å². The summed E-state index contributed by atoms with van der Waals surface area (Å²) in [4.78, 5) is 2.48. The SMILES string of the molecule is COCC(C)COCc1ccc([C@@H]2[C@@H](OCc3ccc4c(c3)N(CC(C)OC)CCO4)CN(S(=O)(=O)c3ccc(C)cc3)C[C@H]2OCCC#N)cc1. The van der Waals surface area contributed by atoms with Gasteiger partial charge >= 0.3 is 0 Å². The number of hydrogen-bond acceptors (Lipinski definition) is 10. The molecule has 2 heterocycles. The second-order valence-corrected chi connectivity index (χ2v) is 15.7. The third-order valence-electron chi connectivity index (χ3n) is 9.59. The summed E-state index contributed by atoms with van der Waals surface area (Å²) in [5.41, 5.74) is 4.88. The van der Waals surface area contributed by atoms with Gasteiger partial charge in [0, 0.05) is 45.7 Å². The highest BCUT2D eigenvalue weighted by atomic mass is 32.2. The first-order chi connectivity index (χ1) is 25.1. The monoisotopic (exact) mass is 735 g/mol. The fourth-order valence-electron chi connectivity index (χ4n) is 6.73. The molecule has 0 amide bonds. The van der Waals surface area contributed by atoms with Crippen LogP contribution in [0.3, 0.4) is 0 Å². The number of methoxy groups -OCH3 is 2. The maximum absolute atomic E-state index is 14.1. The van der Waals surface area contributed by atoms with Gasteiger partial charge in [0.2, 0.25) is 10.0 Å². The highest BCUT2D eigenvalue weighted by Gasteiger charge is 2.43. The molecule has 2 aliphatic heterocycles. The van der Waals surface area contributed by atoms with E-state index in [1.165, 1.54) is 4.31 Å². The van der Waals surface area contributed by atoms with Crippen molar-refractivity contribution in [2.45, 2.75) is 69.5 Å². The Morgan fingerprint density at radius 3 is 2.33 bits per heavy atom. The van der Waals surface area contributed by atoms with E-state index in [0.29, 0.717) is 26.4 Å². The van der Waals surface area contributed by atoms with Crippen molar-refractivity contribution in [3.63, 3.8) is 0 Å². The zero-order valence-corrected chi connectivity index (χ0v) is 31.8. The van der Waals surface area contributed by atoms with E-state index >= 15 is 0 Å². The van der Waals surface area contributed by atoms with Crippen LogP contribution in [0, 0.1) is 24.2 Å². The average Bonchev–Trinajstić information content (AvgIpc) is 3.14. The fraction of sp³-hybridized carbons (Fsp3) is 0.525. The molecule has 2 aliphatic rings. The molecule has 2 unspecified atom stereocenters. The molecular formula is C40H53N3O8S. The smallest absolute Gasteiger partial charge is 0.243 e. The molecule has 282 valence electrons. The first-order valence-electron chi connectivity index (χ1n) is 18.0. The predicted molar refractivity (Wildman–Crippen MR) is 199 cm³/mol. The van der Waals surface area contributed by atoms with Crippen molar-refractivity contribution in [3.8, 4) is 11.8 Å². The van der Waals surface area contributed by atoms with Crippen LogP contribution in [0.1, 0.15) is 48.4 Å². The van der Waals surface area contributed by atoms with Crippen molar-refractivity contribution in [2.75, 3.05) is 71.7 Å². The number of ether oxygens (including phenoxy) is 6. The molecule has 1 fully saturated rings. The van der Waals surface area contributed by atoms with Crippen LogP contribution in [-0.4, -0.2) is 97.9 Å². The van der Waals surface area contributed by atoms with E-state index < -0.39 is 22.2 Å². The molecule has 1 saturated heterocycles. The van der Waals surface area contributed by atoms with Gasteiger partial charge in [-0.3, -0.25) is 0 Å². The van der Waals surface area contributed by atoms with Crippen LogP contribution in [0.25, 0.3) is 0 Å². The number of piperidine rings is 1. The Morgan fingerprint density at radius 1 is 0.923 bits per heavy atom. The van der Waals surface area contributed by atoms with E-state index in [-0.39, 0.29) is 55.6 Å². The molecule has 0 bridgehead atoms. The third kappa shape index (κ3) is 10.3. The van der Waals surface area contributed by atoms with Gasteiger partial charge in [0.25, 0.3) is 0 Å². The number of hydrogen-bond donors (Lipinski definition) is 0. The van der Waals surface area contributed by atoms with Gasteiger partial charge in [-0.25, -0.2) is 8.42 Å². The molecule has 5 rings (SSSR count). The molecule has 3 aromatic rings. The molecule has 0 radical (unpaired) electrons. The molecule has 0 aliphatic carbocycles. The van der Waals surface area contributed by atoms with E-state index in [1.807, 2.05) is 50.2 Å². The van der Waals surface area contributed by atoms with Gasteiger partial charge in [0.1, 0.15) is 12.4 Å². The van der Waals surface area contributed by atoms with Crippen LogP contribution >= 0.6 is 0 Å². The molecule has 0 saturated carbocycles. The number of benzene rings is 3. The van der Waals surface area contributed by atoms with Crippen molar-refractivity contribution in [1.82, 2.24) is 4.31 Å². The Morgan fingerprint density at radius 2 is 1.63 bits per heavy atom. The first-order valence-corrected chi connectivity index (χ1v) is 19.4. The van der Waals surface area contributed by atoms with Crippen molar-refractivity contribution >= 4 is 15.7 Å². The number of aryl methyl sites for hydroxylation is 1. The van der Waals surface area contributed by atoms with Gasteiger partial charge in [-0.05, 0) is 54.8 Å². The van der Waals surface area contributed by atoms with Crippen LogP contribution < -0.4 is 9.64 Å². The van der Waals surface area contributed by atoms with Gasteiger partial charge in [-0.15, -0.1) is 0 Å². The van der Waals surface area contributed by atoms with E-state index in [9.17, 15) is 13.7 Å².